The fourth-order valence-electron chi connectivity index (χ4n) is 2.36. The van der Waals surface area contributed by atoms with Gasteiger partial charge in [-0.05, 0) is 32.4 Å². The summed E-state index contributed by atoms with van der Waals surface area (Å²) in [6.07, 6.45) is 0. The fraction of sp³-hybridized carbons (Fsp3) is 0.467. The molecule has 0 unspecified atom stereocenters. The molecule has 0 radical (unpaired) electrons. The van der Waals surface area contributed by atoms with E-state index in [2.05, 4.69) is 10.3 Å². The Balaban J connectivity index is 2.36. The van der Waals surface area contributed by atoms with E-state index in [1.807, 2.05) is 32.2 Å². The maximum absolute atomic E-state index is 12.6. The van der Waals surface area contributed by atoms with Crippen molar-refractivity contribution in [3.05, 3.63) is 33.1 Å². The van der Waals surface area contributed by atoms with E-state index in [4.69, 9.17) is 4.74 Å². The molecule has 0 aliphatic rings. The molecular weight excluding hydrogens is 286 g/mol. The first-order chi connectivity index (χ1) is 10.1. The lowest BCUT2D eigenvalue weighted by Crippen LogP contribution is -2.24. The Hall–Kier alpha value is -1.66. The molecule has 0 fully saturated rings. The predicted molar refractivity (Wildman–Crippen MR) is 87.3 cm³/mol. The minimum Gasteiger partial charge on any atom is -0.383 e. The minimum atomic E-state index is 0.0312. The highest BCUT2D eigenvalue weighted by molar-refractivity contribution is 7.14. The molecule has 6 heteroatoms. The third kappa shape index (κ3) is 3.33. The van der Waals surface area contributed by atoms with Gasteiger partial charge < -0.3 is 14.6 Å². The molecule has 5 nitrogen and oxygen atoms in total. The molecule has 1 N–H and O–H groups in total. The van der Waals surface area contributed by atoms with Crippen molar-refractivity contribution >= 4 is 16.5 Å². The van der Waals surface area contributed by atoms with Gasteiger partial charge in [-0.1, -0.05) is 0 Å². The Labute approximate surface area is 128 Å². The maximum Gasteiger partial charge on any atom is 0.260 e. The zero-order valence-electron chi connectivity index (χ0n) is 12.9. The standard InChI is InChI=1S/C15H21N3O2S/c1-5-18-11(3)8-10(2)13(14(18)19)12-9-21-15(17-12)16-6-7-20-4/h8-9H,5-7H2,1-4H3,(H,16,17). The number of nitrogens with one attached hydrogen (secondary N) is 1. The van der Waals surface area contributed by atoms with Gasteiger partial charge in [0, 0.05) is 31.3 Å². The van der Waals surface area contributed by atoms with Crippen molar-refractivity contribution < 1.29 is 4.74 Å². The topological polar surface area (TPSA) is 56.1 Å². The third-order valence-corrected chi connectivity index (χ3v) is 4.16. The molecule has 0 saturated carbocycles. The van der Waals surface area contributed by atoms with Crippen LogP contribution in [0.1, 0.15) is 18.2 Å². The van der Waals surface area contributed by atoms with E-state index < -0.39 is 0 Å². The van der Waals surface area contributed by atoms with Gasteiger partial charge in [-0.3, -0.25) is 4.79 Å². The third-order valence-electron chi connectivity index (χ3n) is 3.36. The normalized spacial score (nSPS) is 10.9. The number of thiazole rings is 1. The van der Waals surface area contributed by atoms with Crippen LogP contribution in [0, 0.1) is 13.8 Å². The van der Waals surface area contributed by atoms with Crippen molar-refractivity contribution in [2.45, 2.75) is 27.3 Å². The van der Waals surface area contributed by atoms with Crippen LogP contribution in [0.15, 0.2) is 16.2 Å². The van der Waals surface area contributed by atoms with Gasteiger partial charge in [0.2, 0.25) is 0 Å². The lowest BCUT2D eigenvalue weighted by molar-refractivity contribution is 0.211. The molecule has 0 aliphatic carbocycles. The summed E-state index contributed by atoms with van der Waals surface area (Å²) in [4.78, 5) is 17.1. The number of ether oxygens (including phenoxy) is 1. The molecule has 0 aliphatic heterocycles. The van der Waals surface area contributed by atoms with Crippen LogP contribution < -0.4 is 10.9 Å². The van der Waals surface area contributed by atoms with E-state index in [1.54, 1.807) is 11.7 Å². The number of nitrogens with zero attached hydrogens (tertiary/aromatic N) is 2. The van der Waals surface area contributed by atoms with Crippen LogP contribution in [-0.2, 0) is 11.3 Å². The first kappa shape index (κ1) is 15.7. The number of methoxy groups -OCH3 is 1. The summed E-state index contributed by atoms with van der Waals surface area (Å²) in [7, 11) is 1.66. The smallest absolute Gasteiger partial charge is 0.260 e. The van der Waals surface area contributed by atoms with Gasteiger partial charge in [0.1, 0.15) is 0 Å². The lowest BCUT2D eigenvalue weighted by Gasteiger charge is -2.11. The number of hydrogen-bond acceptors (Lipinski definition) is 5. The molecule has 2 aromatic rings. The average molecular weight is 307 g/mol. The van der Waals surface area contributed by atoms with E-state index in [0.717, 1.165) is 22.1 Å². The second kappa shape index (κ2) is 6.87. The predicted octanol–water partition coefficient (Wildman–Crippen LogP) is 2.67. The molecule has 2 rings (SSSR count). The van der Waals surface area contributed by atoms with Crippen LogP contribution in [0.3, 0.4) is 0 Å². The summed E-state index contributed by atoms with van der Waals surface area (Å²) in [6, 6.07) is 2.04. The molecule has 114 valence electrons. The van der Waals surface area contributed by atoms with Gasteiger partial charge in [0.25, 0.3) is 5.56 Å². The first-order valence-electron chi connectivity index (χ1n) is 6.98. The van der Waals surface area contributed by atoms with Gasteiger partial charge in [0.05, 0.1) is 17.9 Å². The summed E-state index contributed by atoms with van der Waals surface area (Å²) in [5.74, 6) is 0. The van der Waals surface area contributed by atoms with Crippen LogP contribution in [0.2, 0.25) is 0 Å². The van der Waals surface area contributed by atoms with Crippen molar-refractivity contribution in [1.82, 2.24) is 9.55 Å². The Morgan fingerprint density at radius 1 is 1.43 bits per heavy atom. The van der Waals surface area contributed by atoms with Crippen molar-refractivity contribution in [3.63, 3.8) is 0 Å². The largest absolute Gasteiger partial charge is 0.383 e. The van der Waals surface area contributed by atoms with E-state index in [9.17, 15) is 4.79 Å². The SMILES string of the molecule is CCn1c(C)cc(C)c(-c2csc(NCCOC)n2)c1=O. The number of hydrogen-bond donors (Lipinski definition) is 1. The summed E-state index contributed by atoms with van der Waals surface area (Å²) in [6.45, 7) is 7.89. The number of aryl methyl sites for hydroxylation is 2. The highest BCUT2D eigenvalue weighted by Crippen LogP contribution is 2.25. The van der Waals surface area contributed by atoms with Gasteiger partial charge in [-0.15, -0.1) is 11.3 Å². The van der Waals surface area contributed by atoms with Gasteiger partial charge in [-0.25, -0.2) is 4.98 Å². The Morgan fingerprint density at radius 2 is 2.19 bits per heavy atom. The molecule has 21 heavy (non-hydrogen) atoms. The highest BCUT2D eigenvalue weighted by atomic mass is 32.1. The Bertz CT molecular complexity index is 676. The number of aromatic nitrogens is 2. The van der Waals surface area contributed by atoms with Crippen LogP contribution in [-0.4, -0.2) is 29.8 Å². The number of anilines is 1. The number of pyridine rings is 1. The Kier molecular flexibility index (Phi) is 5.14. The Morgan fingerprint density at radius 3 is 2.86 bits per heavy atom. The zero-order chi connectivity index (χ0) is 15.4. The van der Waals surface area contributed by atoms with E-state index in [0.29, 0.717) is 25.3 Å². The van der Waals surface area contributed by atoms with Crippen molar-refractivity contribution in [3.8, 4) is 11.3 Å². The van der Waals surface area contributed by atoms with Crippen molar-refractivity contribution in [2.24, 2.45) is 0 Å². The summed E-state index contributed by atoms with van der Waals surface area (Å²) in [5.41, 5.74) is 3.42. The molecular formula is C15H21N3O2S. The zero-order valence-corrected chi connectivity index (χ0v) is 13.7. The molecule has 0 amide bonds. The van der Waals surface area contributed by atoms with Crippen LogP contribution in [0.4, 0.5) is 5.13 Å². The van der Waals surface area contributed by atoms with Crippen molar-refractivity contribution in [2.75, 3.05) is 25.6 Å². The molecule has 0 saturated heterocycles. The molecule has 2 heterocycles. The molecule has 0 aromatic carbocycles. The van der Waals surface area contributed by atoms with Crippen LogP contribution >= 0.6 is 11.3 Å². The second-order valence-corrected chi connectivity index (χ2v) is 5.71. The average Bonchev–Trinajstić information content (AvgIpc) is 2.87. The highest BCUT2D eigenvalue weighted by Gasteiger charge is 2.14. The van der Waals surface area contributed by atoms with Crippen LogP contribution in [0.25, 0.3) is 11.3 Å². The summed E-state index contributed by atoms with van der Waals surface area (Å²) in [5, 5.41) is 5.92. The lowest BCUT2D eigenvalue weighted by atomic mass is 10.1. The fourth-order valence-corrected chi connectivity index (χ4v) is 3.09. The first-order valence-corrected chi connectivity index (χ1v) is 7.86. The van der Waals surface area contributed by atoms with Crippen molar-refractivity contribution in [1.29, 1.82) is 0 Å². The molecule has 2 aromatic heterocycles. The number of rotatable bonds is 6. The minimum absolute atomic E-state index is 0.0312. The molecule has 0 spiro atoms. The second-order valence-electron chi connectivity index (χ2n) is 4.85. The van der Waals surface area contributed by atoms with Gasteiger partial charge in [0.15, 0.2) is 5.13 Å². The quantitative estimate of drug-likeness (QED) is 0.834. The van der Waals surface area contributed by atoms with E-state index >= 15 is 0 Å². The molecule has 0 atom stereocenters. The maximum atomic E-state index is 12.6. The monoisotopic (exact) mass is 307 g/mol. The van der Waals surface area contributed by atoms with Gasteiger partial charge >= 0.3 is 0 Å². The van der Waals surface area contributed by atoms with E-state index in [-0.39, 0.29) is 5.56 Å². The van der Waals surface area contributed by atoms with E-state index in [1.165, 1.54) is 11.3 Å². The van der Waals surface area contributed by atoms with Gasteiger partial charge in [-0.2, -0.15) is 0 Å². The molecule has 0 bridgehead atoms. The van der Waals surface area contributed by atoms with Crippen LogP contribution in [0.5, 0.6) is 0 Å². The summed E-state index contributed by atoms with van der Waals surface area (Å²) >= 11 is 1.50. The summed E-state index contributed by atoms with van der Waals surface area (Å²) < 4.78 is 6.78.